The van der Waals surface area contributed by atoms with Crippen LogP contribution in [0.4, 0.5) is 5.69 Å². The first-order valence-corrected chi connectivity index (χ1v) is 10.1. The molecule has 2 N–H and O–H groups in total. The second-order valence-corrected chi connectivity index (χ2v) is 8.70. The minimum absolute atomic E-state index is 0.0450. The predicted molar refractivity (Wildman–Crippen MR) is 103 cm³/mol. The SMILES string of the molecule is Cc1ccc(S(=O)(=O)Nc2ccccc2Br)cc1C(=O)NCC(C)C. The number of amides is 1. The van der Waals surface area contributed by atoms with Gasteiger partial charge in [-0.3, -0.25) is 9.52 Å². The number of benzene rings is 2. The van der Waals surface area contributed by atoms with Crippen molar-refractivity contribution in [2.45, 2.75) is 25.7 Å². The Kier molecular flexibility index (Phi) is 6.24. The van der Waals surface area contributed by atoms with Crippen LogP contribution in [0.1, 0.15) is 29.8 Å². The molecule has 1 amide bonds. The van der Waals surface area contributed by atoms with Crippen LogP contribution in [-0.4, -0.2) is 20.9 Å². The van der Waals surface area contributed by atoms with Gasteiger partial charge in [0.05, 0.1) is 10.6 Å². The maximum atomic E-state index is 12.6. The number of aryl methyl sites for hydroxylation is 1. The van der Waals surface area contributed by atoms with Crippen molar-refractivity contribution in [1.82, 2.24) is 5.32 Å². The summed E-state index contributed by atoms with van der Waals surface area (Å²) in [7, 11) is -3.80. The highest BCUT2D eigenvalue weighted by atomic mass is 79.9. The van der Waals surface area contributed by atoms with E-state index in [1.54, 1.807) is 37.3 Å². The number of nitrogens with one attached hydrogen (secondary N) is 2. The molecule has 0 aromatic heterocycles. The highest BCUT2D eigenvalue weighted by molar-refractivity contribution is 9.10. The number of halogens is 1. The van der Waals surface area contributed by atoms with Gasteiger partial charge in [0.2, 0.25) is 0 Å². The molecule has 0 saturated carbocycles. The molecule has 5 nitrogen and oxygen atoms in total. The van der Waals surface area contributed by atoms with Gasteiger partial charge in [-0.25, -0.2) is 8.42 Å². The van der Waals surface area contributed by atoms with E-state index in [0.717, 1.165) is 5.56 Å². The van der Waals surface area contributed by atoms with Gasteiger partial charge in [0.1, 0.15) is 0 Å². The summed E-state index contributed by atoms with van der Waals surface area (Å²) in [4.78, 5) is 12.4. The first-order valence-electron chi connectivity index (χ1n) is 7.87. The van der Waals surface area contributed by atoms with E-state index in [2.05, 4.69) is 26.0 Å². The van der Waals surface area contributed by atoms with E-state index in [0.29, 0.717) is 28.2 Å². The molecule has 25 heavy (non-hydrogen) atoms. The van der Waals surface area contributed by atoms with Crippen molar-refractivity contribution in [3.05, 3.63) is 58.1 Å². The molecular formula is C18H21BrN2O3S. The van der Waals surface area contributed by atoms with E-state index in [1.165, 1.54) is 12.1 Å². The summed E-state index contributed by atoms with van der Waals surface area (Å²) < 4.78 is 28.5. The van der Waals surface area contributed by atoms with Crippen LogP contribution in [0.2, 0.25) is 0 Å². The highest BCUT2D eigenvalue weighted by Gasteiger charge is 2.19. The van der Waals surface area contributed by atoms with Crippen LogP contribution in [0.3, 0.4) is 0 Å². The Morgan fingerprint density at radius 1 is 1.16 bits per heavy atom. The van der Waals surface area contributed by atoms with E-state index in [4.69, 9.17) is 0 Å². The third kappa shape index (κ3) is 5.06. The fraction of sp³-hybridized carbons (Fsp3) is 0.278. The van der Waals surface area contributed by atoms with E-state index in [1.807, 2.05) is 13.8 Å². The van der Waals surface area contributed by atoms with Gasteiger partial charge in [0.25, 0.3) is 15.9 Å². The first-order chi connectivity index (χ1) is 11.7. The smallest absolute Gasteiger partial charge is 0.261 e. The molecule has 134 valence electrons. The van der Waals surface area contributed by atoms with Crippen LogP contribution in [0.25, 0.3) is 0 Å². The summed E-state index contributed by atoms with van der Waals surface area (Å²) in [6, 6.07) is 11.5. The van der Waals surface area contributed by atoms with Gasteiger partial charge < -0.3 is 5.32 Å². The molecule has 7 heteroatoms. The summed E-state index contributed by atoms with van der Waals surface area (Å²) >= 11 is 3.31. The zero-order valence-electron chi connectivity index (χ0n) is 14.3. The molecular weight excluding hydrogens is 404 g/mol. The van der Waals surface area contributed by atoms with Gasteiger partial charge in [0.15, 0.2) is 0 Å². The van der Waals surface area contributed by atoms with Crippen LogP contribution in [0.5, 0.6) is 0 Å². The Balaban J connectivity index is 2.31. The highest BCUT2D eigenvalue weighted by Crippen LogP contribution is 2.25. The van der Waals surface area contributed by atoms with Crippen LogP contribution in [0, 0.1) is 12.8 Å². The van der Waals surface area contributed by atoms with Crippen molar-refractivity contribution in [2.24, 2.45) is 5.92 Å². The minimum Gasteiger partial charge on any atom is -0.352 e. The molecule has 2 rings (SSSR count). The first kappa shape index (κ1) is 19.5. The van der Waals surface area contributed by atoms with Gasteiger partial charge in [-0.1, -0.05) is 32.0 Å². The van der Waals surface area contributed by atoms with Crippen LogP contribution < -0.4 is 10.0 Å². The van der Waals surface area contributed by atoms with Crippen molar-refractivity contribution < 1.29 is 13.2 Å². The number of rotatable bonds is 6. The topological polar surface area (TPSA) is 75.3 Å². The third-order valence-electron chi connectivity index (χ3n) is 3.55. The average molecular weight is 425 g/mol. The molecule has 2 aromatic carbocycles. The standard InChI is InChI=1S/C18H21BrN2O3S/c1-12(2)11-20-18(22)15-10-14(9-8-13(15)3)25(23,24)21-17-7-5-4-6-16(17)19/h4-10,12,21H,11H2,1-3H3,(H,20,22). The van der Waals surface area contributed by atoms with Gasteiger partial charge in [0, 0.05) is 16.6 Å². The second-order valence-electron chi connectivity index (χ2n) is 6.17. The minimum atomic E-state index is -3.80. The molecule has 0 aliphatic carbocycles. The Labute approximate surface area is 157 Å². The molecule has 0 bridgehead atoms. The average Bonchev–Trinajstić information content (AvgIpc) is 2.54. The zero-order valence-corrected chi connectivity index (χ0v) is 16.7. The Morgan fingerprint density at radius 2 is 1.84 bits per heavy atom. The Morgan fingerprint density at radius 3 is 2.48 bits per heavy atom. The fourth-order valence-electron chi connectivity index (χ4n) is 2.15. The maximum absolute atomic E-state index is 12.6. The molecule has 0 aliphatic heterocycles. The fourth-order valence-corrected chi connectivity index (χ4v) is 3.77. The summed E-state index contributed by atoms with van der Waals surface area (Å²) in [6.45, 7) is 6.30. The quantitative estimate of drug-likeness (QED) is 0.736. The second kappa shape index (κ2) is 8.01. The summed E-state index contributed by atoms with van der Waals surface area (Å²) in [5.41, 5.74) is 1.52. The monoisotopic (exact) mass is 424 g/mol. The largest absolute Gasteiger partial charge is 0.352 e. The molecule has 0 unspecified atom stereocenters. The lowest BCUT2D eigenvalue weighted by molar-refractivity contribution is 0.0948. The number of para-hydroxylation sites is 1. The van der Waals surface area contributed by atoms with Crippen molar-refractivity contribution >= 4 is 37.5 Å². The molecule has 0 heterocycles. The number of sulfonamides is 1. The van der Waals surface area contributed by atoms with Gasteiger partial charge >= 0.3 is 0 Å². The number of anilines is 1. The van der Waals surface area contributed by atoms with Crippen molar-refractivity contribution in [3.8, 4) is 0 Å². The van der Waals surface area contributed by atoms with Crippen molar-refractivity contribution in [2.75, 3.05) is 11.3 Å². The zero-order chi connectivity index (χ0) is 18.6. The van der Waals surface area contributed by atoms with E-state index in [9.17, 15) is 13.2 Å². The van der Waals surface area contributed by atoms with E-state index >= 15 is 0 Å². The van der Waals surface area contributed by atoms with Crippen LogP contribution >= 0.6 is 15.9 Å². The number of hydrogen-bond acceptors (Lipinski definition) is 3. The molecule has 0 atom stereocenters. The summed E-state index contributed by atoms with van der Waals surface area (Å²) in [5, 5.41) is 2.82. The number of carbonyl (C=O) groups is 1. The lowest BCUT2D eigenvalue weighted by Gasteiger charge is -2.13. The van der Waals surface area contributed by atoms with Crippen LogP contribution in [0.15, 0.2) is 51.8 Å². The Bertz CT molecular complexity index is 880. The van der Waals surface area contributed by atoms with Crippen LogP contribution in [-0.2, 0) is 10.0 Å². The Hall–Kier alpha value is -1.86. The molecule has 2 aromatic rings. The number of hydrogen-bond donors (Lipinski definition) is 2. The maximum Gasteiger partial charge on any atom is 0.261 e. The molecule has 0 aliphatic rings. The van der Waals surface area contributed by atoms with Gasteiger partial charge in [-0.05, 0) is 58.6 Å². The summed E-state index contributed by atoms with van der Waals surface area (Å²) in [5.74, 6) is 0.0393. The lowest BCUT2D eigenvalue weighted by atomic mass is 10.1. The van der Waals surface area contributed by atoms with Gasteiger partial charge in [-0.15, -0.1) is 0 Å². The van der Waals surface area contributed by atoms with Crippen molar-refractivity contribution in [1.29, 1.82) is 0 Å². The molecule has 0 spiro atoms. The van der Waals surface area contributed by atoms with E-state index < -0.39 is 10.0 Å². The van der Waals surface area contributed by atoms with E-state index in [-0.39, 0.29) is 10.8 Å². The predicted octanol–water partition coefficient (Wildman–Crippen LogP) is 3.94. The lowest BCUT2D eigenvalue weighted by Crippen LogP contribution is -2.28. The van der Waals surface area contributed by atoms with Crippen molar-refractivity contribution in [3.63, 3.8) is 0 Å². The third-order valence-corrected chi connectivity index (χ3v) is 5.61. The van der Waals surface area contributed by atoms with Gasteiger partial charge in [-0.2, -0.15) is 0 Å². The molecule has 0 fully saturated rings. The summed E-state index contributed by atoms with van der Waals surface area (Å²) in [6.07, 6.45) is 0. The number of carbonyl (C=O) groups excluding carboxylic acids is 1. The molecule has 0 radical (unpaired) electrons. The normalized spacial score (nSPS) is 11.4. The molecule has 0 saturated heterocycles.